The van der Waals surface area contributed by atoms with Crippen LogP contribution >= 0.6 is 0 Å². The molecule has 0 aromatic heterocycles. The first-order valence-corrected chi connectivity index (χ1v) is 8.61. The van der Waals surface area contributed by atoms with E-state index in [1.165, 1.54) is 13.2 Å². The number of allylic oxidation sites excluding steroid dienone is 1. The van der Waals surface area contributed by atoms with E-state index in [-0.39, 0.29) is 11.8 Å². The molecule has 5 atom stereocenters. The average molecular weight is 358 g/mol. The molecule has 1 saturated heterocycles. The van der Waals surface area contributed by atoms with Gasteiger partial charge in [-0.05, 0) is 25.2 Å². The van der Waals surface area contributed by atoms with Crippen molar-refractivity contribution in [1.82, 2.24) is 10.6 Å². The molecule has 25 heavy (non-hydrogen) atoms. The van der Waals surface area contributed by atoms with Crippen molar-refractivity contribution in [2.45, 2.75) is 63.6 Å². The molecule has 0 aliphatic carbocycles. The van der Waals surface area contributed by atoms with E-state index in [1.807, 2.05) is 13.8 Å². The first-order valence-electron chi connectivity index (χ1n) is 8.61. The molecule has 0 saturated carbocycles. The Morgan fingerprint density at radius 1 is 1.24 bits per heavy atom. The van der Waals surface area contributed by atoms with Crippen LogP contribution in [0.5, 0.6) is 0 Å². The van der Waals surface area contributed by atoms with Crippen LogP contribution in [0.4, 0.5) is 0 Å². The maximum absolute atomic E-state index is 12.3. The number of ether oxygens (including phenoxy) is 1. The third-order valence-electron chi connectivity index (χ3n) is 4.07. The van der Waals surface area contributed by atoms with Gasteiger partial charge < -0.3 is 30.7 Å². The van der Waals surface area contributed by atoms with Crippen molar-refractivity contribution < 1.29 is 29.6 Å². The Morgan fingerprint density at radius 2 is 1.92 bits per heavy atom. The van der Waals surface area contributed by atoms with Gasteiger partial charge in [-0.2, -0.15) is 0 Å². The van der Waals surface area contributed by atoms with E-state index in [9.17, 15) is 24.9 Å². The van der Waals surface area contributed by atoms with Crippen molar-refractivity contribution in [2.24, 2.45) is 5.92 Å². The summed E-state index contributed by atoms with van der Waals surface area (Å²) in [6, 6.07) is -0.706. The zero-order valence-electron chi connectivity index (χ0n) is 15.0. The molecule has 0 bridgehead atoms. The zero-order chi connectivity index (χ0) is 19.0. The molecule has 5 N–H and O–H groups in total. The number of nitrogens with one attached hydrogen (secondary N) is 2. The zero-order valence-corrected chi connectivity index (χ0v) is 15.0. The highest BCUT2D eigenvalue weighted by Gasteiger charge is 2.36. The lowest BCUT2D eigenvalue weighted by atomic mass is 10.0. The topological polar surface area (TPSA) is 128 Å². The predicted octanol–water partition coefficient (Wildman–Crippen LogP) is -0.919. The molecule has 144 valence electrons. The molecule has 1 aliphatic heterocycles. The molecule has 0 aromatic rings. The lowest BCUT2D eigenvalue weighted by Gasteiger charge is -2.28. The molecular formula is C17H30N2O6. The summed E-state index contributed by atoms with van der Waals surface area (Å²) >= 11 is 0. The second-order valence-corrected chi connectivity index (χ2v) is 6.60. The number of hydrogen-bond donors (Lipinski definition) is 5. The minimum Gasteiger partial charge on any atom is -0.387 e. The van der Waals surface area contributed by atoms with Gasteiger partial charge in [-0.15, -0.1) is 0 Å². The monoisotopic (exact) mass is 358 g/mol. The van der Waals surface area contributed by atoms with Gasteiger partial charge >= 0.3 is 0 Å². The van der Waals surface area contributed by atoms with E-state index in [0.717, 1.165) is 12.8 Å². The van der Waals surface area contributed by atoms with E-state index in [1.54, 1.807) is 6.08 Å². The highest BCUT2D eigenvalue weighted by molar-refractivity contribution is 5.89. The van der Waals surface area contributed by atoms with E-state index in [4.69, 9.17) is 4.74 Å². The lowest BCUT2D eigenvalue weighted by Crippen LogP contribution is -2.55. The summed E-state index contributed by atoms with van der Waals surface area (Å²) in [6.45, 7) is 4.36. The Kier molecular flexibility index (Phi) is 9.05. The van der Waals surface area contributed by atoms with E-state index in [2.05, 4.69) is 10.6 Å². The van der Waals surface area contributed by atoms with Crippen molar-refractivity contribution in [3.63, 3.8) is 0 Å². The van der Waals surface area contributed by atoms with Crippen LogP contribution < -0.4 is 10.6 Å². The van der Waals surface area contributed by atoms with Crippen LogP contribution in [0.25, 0.3) is 0 Å². The van der Waals surface area contributed by atoms with Crippen LogP contribution in [0.1, 0.15) is 33.1 Å². The smallest absolute Gasteiger partial charge is 0.252 e. The Hall–Kier alpha value is -1.48. The third kappa shape index (κ3) is 6.74. The predicted molar refractivity (Wildman–Crippen MR) is 91.6 cm³/mol. The quantitative estimate of drug-likeness (QED) is 0.357. The molecular weight excluding hydrogens is 328 g/mol. The van der Waals surface area contributed by atoms with Crippen LogP contribution in [-0.2, 0) is 14.3 Å². The van der Waals surface area contributed by atoms with E-state index in [0.29, 0.717) is 13.0 Å². The fourth-order valence-corrected chi connectivity index (χ4v) is 2.56. The summed E-state index contributed by atoms with van der Waals surface area (Å²) in [4.78, 5) is 24.2. The summed E-state index contributed by atoms with van der Waals surface area (Å²) in [5.74, 6) is -0.832. The maximum atomic E-state index is 12.3. The standard InChI is InChI=1S/C17H30N2O6/c1-10(2)7-8-12(20)13(21)14(22)15(25-3)17(24)19-11-6-4-5-9-18-16(11)23/h7-8,10-15,20-22H,4-6,9H2,1-3H3,(H,18,23)(H,19,24)/b8-7+/t11-,12?,13?,14?,15+/m0/s1. The number of hydrogen-bond acceptors (Lipinski definition) is 6. The van der Waals surface area contributed by atoms with Gasteiger partial charge in [0.2, 0.25) is 5.91 Å². The normalized spacial score (nSPS) is 23.6. The van der Waals surface area contributed by atoms with Gasteiger partial charge in [-0.1, -0.05) is 26.0 Å². The van der Waals surface area contributed by atoms with Gasteiger partial charge in [0.25, 0.3) is 5.91 Å². The van der Waals surface area contributed by atoms with Gasteiger partial charge in [0, 0.05) is 13.7 Å². The van der Waals surface area contributed by atoms with E-state index >= 15 is 0 Å². The van der Waals surface area contributed by atoms with Crippen LogP contribution in [0, 0.1) is 5.92 Å². The van der Waals surface area contributed by atoms with Crippen molar-refractivity contribution in [2.75, 3.05) is 13.7 Å². The second kappa shape index (κ2) is 10.5. The van der Waals surface area contributed by atoms with Crippen LogP contribution in [0.2, 0.25) is 0 Å². The minimum absolute atomic E-state index is 0.161. The molecule has 8 heteroatoms. The fourth-order valence-electron chi connectivity index (χ4n) is 2.56. The largest absolute Gasteiger partial charge is 0.387 e. The number of rotatable bonds is 8. The summed E-state index contributed by atoms with van der Waals surface area (Å²) in [5, 5.41) is 35.4. The van der Waals surface area contributed by atoms with Gasteiger partial charge in [-0.3, -0.25) is 9.59 Å². The minimum atomic E-state index is -1.65. The number of carbonyl (C=O) groups is 2. The molecule has 0 aromatic carbocycles. The second-order valence-electron chi connectivity index (χ2n) is 6.60. The van der Waals surface area contributed by atoms with Crippen molar-refractivity contribution in [3.8, 4) is 0 Å². The molecule has 2 amide bonds. The van der Waals surface area contributed by atoms with Crippen molar-refractivity contribution in [3.05, 3.63) is 12.2 Å². The first kappa shape index (κ1) is 21.6. The molecule has 1 rings (SSSR count). The molecule has 0 radical (unpaired) electrons. The third-order valence-corrected chi connectivity index (χ3v) is 4.07. The highest BCUT2D eigenvalue weighted by Crippen LogP contribution is 2.12. The summed E-state index contributed by atoms with van der Waals surface area (Å²) in [6.07, 6.45) is -0.851. The Morgan fingerprint density at radius 3 is 2.52 bits per heavy atom. The average Bonchev–Trinajstić information content (AvgIpc) is 2.77. The number of methoxy groups -OCH3 is 1. The number of amides is 2. The van der Waals surface area contributed by atoms with Gasteiger partial charge in [0.15, 0.2) is 6.10 Å². The van der Waals surface area contributed by atoms with Crippen molar-refractivity contribution in [1.29, 1.82) is 0 Å². The fraction of sp³-hybridized carbons (Fsp3) is 0.765. The molecule has 1 heterocycles. The lowest BCUT2D eigenvalue weighted by molar-refractivity contribution is -0.150. The number of carbonyl (C=O) groups excluding carboxylic acids is 2. The summed E-state index contributed by atoms with van der Waals surface area (Å²) in [5.41, 5.74) is 0. The summed E-state index contributed by atoms with van der Waals surface area (Å²) in [7, 11) is 1.21. The number of aliphatic hydroxyl groups is 3. The summed E-state index contributed by atoms with van der Waals surface area (Å²) < 4.78 is 4.99. The SMILES string of the molecule is CO[C@@H](C(=O)N[C@H]1CCCCNC1=O)C(O)C(O)C(O)/C=C/C(C)C. The van der Waals surface area contributed by atoms with Gasteiger partial charge in [0.1, 0.15) is 24.4 Å². The van der Waals surface area contributed by atoms with Crippen LogP contribution in [0.3, 0.4) is 0 Å². The molecule has 1 fully saturated rings. The highest BCUT2D eigenvalue weighted by atomic mass is 16.5. The van der Waals surface area contributed by atoms with Gasteiger partial charge in [0.05, 0.1) is 0 Å². The molecule has 8 nitrogen and oxygen atoms in total. The molecule has 1 aliphatic rings. The van der Waals surface area contributed by atoms with Crippen LogP contribution in [-0.4, -0.2) is 71.2 Å². The Labute approximate surface area is 148 Å². The van der Waals surface area contributed by atoms with Gasteiger partial charge in [-0.25, -0.2) is 0 Å². The van der Waals surface area contributed by atoms with Crippen molar-refractivity contribution >= 4 is 11.8 Å². The first-order chi connectivity index (χ1) is 11.8. The number of aliphatic hydroxyl groups excluding tert-OH is 3. The Balaban J connectivity index is 2.71. The molecule has 0 spiro atoms. The maximum Gasteiger partial charge on any atom is 0.252 e. The molecule has 3 unspecified atom stereocenters. The van der Waals surface area contributed by atoms with E-state index < -0.39 is 36.4 Å². The van der Waals surface area contributed by atoms with Crippen LogP contribution in [0.15, 0.2) is 12.2 Å². The Bertz CT molecular complexity index is 468.